The number of anilines is 1. The van der Waals surface area contributed by atoms with Gasteiger partial charge in [0.15, 0.2) is 33.7 Å². The fourth-order valence-corrected chi connectivity index (χ4v) is 5.08. The van der Waals surface area contributed by atoms with Gasteiger partial charge in [-0.25, -0.2) is 4.98 Å². The van der Waals surface area contributed by atoms with E-state index in [1.165, 1.54) is 23.1 Å². The number of thioether (sulfide) groups is 1. The lowest BCUT2D eigenvalue weighted by Gasteiger charge is -2.19. The van der Waals surface area contributed by atoms with E-state index < -0.39 is 0 Å². The molecule has 0 aliphatic rings. The number of thiazole rings is 1. The maximum absolute atomic E-state index is 12.5. The monoisotopic (exact) mass is 483 g/mol. The zero-order chi connectivity index (χ0) is 23.4. The Bertz CT molecular complexity index is 1220. The number of fused-ring (bicyclic) bond motifs is 1. The maximum Gasteiger partial charge on any atom is 0.236 e. The average Bonchev–Trinajstić information content (AvgIpc) is 3.41. The molecule has 0 saturated heterocycles. The molecule has 1 amide bonds. The molecule has 8 nitrogen and oxygen atoms in total. The molecular formula is C23H25N5O3S2. The van der Waals surface area contributed by atoms with Crippen LogP contribution < -0.4 is 14.8 Å². The number of carbonyl (C=O) groups excluding carboxylic acids is 1. The maximum atomic E-state index is 12.5. The molecule has 0 saturated carbocycles. The number of carbonyl (C=O) groups is 1. The van der Waals surface area contributed by atoms with E-state index in [9.17, 15) is 4.79 Å². The van der Waals surface area contributed by atoms with Crippen LogP contribution in [0.3, 0.4) is 0 Å². The number of hydrogen-bond acceptors (Lipinski definition) is 8. The molecule has 10 heteroatoms. The first-order valence-corrected chi connectivity index (χ1v) is 12.3. The Hall–Kier alpha value is -3.11. The van der Waals surface area contributed by atoms with Crippen LogP contribution in [0.2, 0.25) is 0 Å². The van der Waals surface area contributed by atoms with Gasteiger partial charge in [0.1, 0.15) is 0 Å². The van der Waals surface area contributed by atoms with Crippen LogP contribution in [0.4, 0.5) is 5.13 Å². The highest BCUT2D eigenvalue weighted by Gasteiger charge is 2.23. The van der Waals surface area contributed by atoms with E-state index in [0.29, 0.717) is 27.6 Å². The first-order valence-electron chi connectivity index (χ1n) is 10.5. The van der Waals surface area contributed by atoms with Gasteiger partial charge in [-0.1, -0.05) is 47.4 Å². The molecule has 2 aromatic heterocycles. The lowest BCUT2D eigenvalue weighted by molar-refractivity contribution is -0.113. The lowest BCUT2D eigenvalue weighted by Crippen LogP contribution is -2.16. The third kappa shape index (κ3) is 5.28. The van der Waals surface area contributed by atoms with Crippen molar-refractivity contribution in [2.24, 2.45) is 0 Å². The predicted molar refractivity (Wildman–Crippen MR) is 131 cm³/mol. The second-order valence-corrected chi connectivity index (χ2v) is 9.51. The Morgan fingerprint density at radius 2 is 1.82 bits per heavy atom. The van der Waals surface area contributed by atoms with Crippen molar-refractivity contribution in [2.75, 3.05) is 18.2 Å². The van der Waals surface area contributed by atoms with E-state index in [-0.39, 0.29) is 23.8 Å². The number of aromatic nitrogens is 4. The minimum Gasteiger partial charge on any atom is -0.493 e. The zero-order valence-corrected chi connectivity index (χ0v) is 20.4. The van der Waals surface area contributed by atoms with Crippen molar-refractivity contribution in [2.45, 2.75) is 38.1 Å². The van der Waals surface area contributed by atoms with E-state index in [1.54, 1.807) is 7.11 Å². The van der Waals surface area contributed by atoms with Crippen molar-refractivity contribution in [1.29, 1.82) is 0 Å². The Labute approximate surface area is 200 Å². The number of hydrogen-bond donors (Lipinski definition) is 1. The molecule has 0 aliphatic heterocycles. The molecule has 1 unspecified atom stereocenters. The number of para-hydroxylation sites is 3. The molecule has 4 rings (SSSR count). The van der Waals surface area contributed by atoms with Crippen molar-refractivity contribution >= 4 is 44.4 Å². The van der Waals surface area contributed by atoms with Gasteiger partial charge in [-0.05, 0) is 45.0 Å². The smallest absolute Gasteiger partial charge is 0.236 e. The normalized spacial score (nSPS) is 12.2. The summed E-state index contributed by atoms with van der Waals surface area (Å²) in [5.41, 5.74) is 0.874. The number of benzene rings is 2. The molecule has 1 atom stereocenters. The first-order chi connectivity index (χ1) is 16.0. The summed E-state index contributed by atoms with van der Waals surface area (Å²) in [6.07, 6.45) is -0.359. The highest BCUT2D eigenvalue weighted by molar-refractivity contribution is 7.99. The molecule has 0 aliphatic carbocycles. The van der Waals surface area contributed by atoms with Crippen LogP contribution in [0, 0.1) is 0 Å². The summed E-state index contributed by atoms with van der Waals surface area (Å²) in [6, 6.07) is 15.4. The minimum atomic E-state index is -0.359. The summed E-state index contributed by atoms with van der Waals surface area (Å²) >= 11 is 2.79. The average molecular weight is 484 g/mol. The molecule has 172 valence electrons. The molecule has 0 radical (unpaired) electrons. The van der Waals surface area contributed by atoms with Crippen LogP contribution in [0.1, 0.15) is 38.7 Å². The molecular weight excluding hydrogens is 458 g/mol. The van der Waals surface area contributed by atoms with E-state index in [1.807, 2.05) is 73.9 Å². The number of ether oxygens (including phenoxy) is 2. The van der Waals surface area contributed by atoms with Gasteiger partial charge >= 0.3 is 0 Å². The second kappa shape index (κ2) is 10.2. The van der Waals surface area contributed by atoms with Crippen molar-refractivity contribution in [3.05, 3.63) is 54.4 Å². The van der Waals surface area contributed by atoms with Crippen molar-refractivity contribution in [1.82, 2.24) is 19.7 Å². The third-order valence-electron chi connectivity index (χ3n) is 4.82. The van der Waals surface area contributed by atoms with Gasteiger partial charge in [-0.3, -0.25) is 4.79 Å². The van der Waals surface area contributed by atoms with Gasteiger partial charge in [0, 0.05) is 6.04 Å². The van der Waals surface area contributed by atoms with E-state index in [2.05, 4.69) is 20.5 Å². The molecule has 2 heterocycles. The Kier molecular flexibility index (Phi) is 7.14. The largest absolute Gasteiger partial charge is 0.493 e. The van der Waals surface area contributed by atoms with Crippen molar-refractivity contribution in [3.8, 4) is 11.5 Å². The number of nitrogens with zero attached hydrogens (tertiary/aromatic N) is 4. The SMILES string of the molecule is COc1ccccc1OC(C)c1nnc(SCC(=O)Nc2nc3ccccc3s2)n1C(C)C. The van der Waals surface area contributed by atoms with Crippen LogP contribution in [-0.2, 0) is 4.79 Å². The van der Waals surface area contributed by atoms with E-state index >= 15 is 0 Å². The standard InChI is InChI=1S/C23H25N5O3S2/c1-14(2)28-21(15(3)31-18-11-7-6-10-17(18)30-4)26-27-23(28)32-13-20(29)25-22-24-16-9-5-8-12-19(16)33-22/h5-12,14-15H,13H2,1-4H3,(H,24,25,29). The van der Waals surface area contributed by atoms with Gasteiger partial charge in [0.2, 0.25) is 5.91 Å². The number of rotatable bonds is 9. The minimum absolute atomic E-state index is 0.0912. The molecule has 1 N–H and O–H groups in total. The van der Waals surface area contributed by atoms with Crippen molar-refractivity contribution in [3.63, 3.8) is 0 Å². The van der Waals surface area contributed by atoms with Gasteiger partial charge in [-0.15, -0.1) is 10.2 Å². The highest BCUT2D eigenvalue weighted by Crippen LogP contribution is 2.32. The number of methoxy groups -OCH3 is 1. The Morgan fingerprint density at radius 3 is 2.55 bits per heavy atom. The molecule has 4 aromatic rings. The fraction of sp³-hybridized carbons (Fsp3) is 0.304. The topological polar surface area (TPSA) is 91.2 Å². The van der Waals surface area contributed by atoms with Crippen LogP contribution in [0.25, 0.3) is 10.2 Å². The lowest BCUT2D eigenvalue weighted by atomic mass is 10.3. The van der Waals surface area contributed by atoms with Gasteiger partial charge in [0.05, 0.1) is 23.1 Å². The van der Waals surface area contributed by atoms with Gasteiger partial charge in [0.25, 0.3) is 0 Å². The summed E-state index contributed by atoms with van der Waals surface area (Å²) < 4.78 is 14.5. The molecule has 33 heavy (non-hydrogen) atoms. The van der Waals surface area contributed by atoms with E-state index in [0.717, 1.165) is 10.2 Å². The van der Waals surface area contributed by atoms with Crippen LogP contribution in [-0.4, -0.2) is 38.5 Å². The fourth-order valence-electron chi connectivity index (χ4n) is 3.32. The van der Waals surface area contributed by atoms with Crippen LogP contribution >= 0.6 is 23.1 Å². The number of amides is 1. The molecule has 0 fully saturated rings. The highest BCUT2D eigenvalue weighted by atomic mass is 32.2. The van der Waals surface area contributed by atoms with Crippen LogP contribution in [0.5, 0.6) is 11.5 Å². The van der Waals surface area contributed by atoms with Gasteiger partial charge < -0.3 is 19.4 Å². The molecule has 0 bridgehead atoms. The predicted octanol–water partition coefficient (Wildman–Crippen LogP) is 5.35. The molecule has 2 aromatic carbocycles. The van der Waals surface area contributed by atoms with Crippen molar-refractivity contribution < 1.29 is 14.3 Å². The summed E-state index contributed by atoms with van der Waals surface area (Å²) in [6.45, 7) is 6.02. The summed E-state index contributed by atoms with van der Waals surface area (Å²) in [4.78, 5) is 17.0. The quantitative estimate of drug-likeness (QED) is 0.321. The van der Waals surface area contributed by atoms with Crippen LogP contribution in [0.15, 0.2) is 53.7 Å². The Balaban J connectivity index is 1.44. The van der Waals surface area contributed by atoms with Gasteiger partial charge in [-0.2, -0.15) is 0 Å². The van der Waals surface area contributed by atoms with E-state index in [4.69, 9.17) is 9.47 Å². The Morgan fingerprint density at radius 1 is 1.09 bits per heavy atom. The molecule has 0 spiro atoms. The summed E-state index contributed by atoms with van der Waals surface area (Å²) in [5.74, 6) is 2.03. The first kappa shape index (κ1) is 23.1. The third-order valence-corrected chi connectivity index (χ3v) is 6.71. The second-order valence-electron chi connectivity index (χ2n) is 7.54. The number of nitrogens with one attached hydrogen (secondary N) is 1. The summed E-state index contributed by atoms with van der Waals surface area (Å²) in [5, 5.41) is 12.8. The summed E-state index contributed by atoms with van der Waals surface area (Å²) in [7, 11) is 1.61. The zero-order valence-electron chi connectivity index (χ0n) is 18.8.